The quantitative estimate of drug-likeness (QED) is 0.660. The number of amides is 1. The highest BCUT2D eigenvalue weighted by Crippen LogP contribution is 2.26. The summed E-state index contributed by atoms with van der Waals surface area (Å²) in [4.78, 5) is 14.3. The van der Waals surface area contributed by atoms with E-state index in [0.717, 1.165) is 38.8 Å². The smallest absolute Gasteiger partial charge is 0.225 e. The Bertz CT molecular complexity index is 185. The maximum Gasteiger partial charge on any atom is 0.225 e. The third-order valence-corrected chi connectivity index (χ3v) is 3.29. The van der Waals surface area contributed by atoms with Gasteiger partial charge in [0.1, 0.15) is 0 Å². The first-order valence-electron chi connectivity index (χ1n) is 6.58. The van der Waals surface area contributed by atoms with Gasteiger partial charge in [0.05, 0.1) is 0 Å². The number of hydrogen-bond acceptors (Lipinski definition) is 1. The molecule has 0 bridgehead atoms. The molecule has 0 aromatic rings. The number of rotatable bonds is 6. The first-order chi connectivity index (χ1) is 7.29. The second-order valence-electron chi connectivity index (χ2n) is 4.66. The maximum atomic E-state index is 12.2. The lowest BCUT2D eigenvalue weighted by atomic mass is 10.1. The number of carbonyl (C=O) groups excluding carboxylic acids is 1. The minimum absolute atomic E-state index is 0.355. The average Bonchev–Trinajstić information content (AvgIpc) is 2.76. The molecule has 0 spiro atoms. The Morgan fingerprint density at radius 2 is 1.80 bits per heavy atom. The average molecular weight is 211 g/mol. The minimum atomic E-state index is 0.355. The Morgan fingerprint density at radius 1 is 1.13 bits per heavy atom. The number of hydrogen-bond donors (Lipinski definition) is 0. The van der Waals surface area contributed by atoms with Crippen LogP contribution in [0.15, 0.2) is 0 Å². The third kappa shape index (κ3) is 3.84. The van der Waals surface area contributed by atoms with Gasteiger partial charge in [-0.3, -0.25) is 4.79 Å². The maximum absolute atomic E-state index is 12.2. The molecule has 1 saturated carbocycles. The van der Waals surface area contributed by atoms with Crippen molar-refractivity contribution in [3.8, 4) is 0 Å². The van der Waals surface area contributed by atoms with E-state index in [4.69, 9.17) is 0 Å². The van der Waals surface area contributed by atoms with Gasteiger partial charge in [0.2, 0.25) is 5.91 Å². The van der Waals surface area contributed by atoms with Crippen LogP contribution in [0.5, 0.6) is 0 Å². The summed E-state index contributed by atoms with van der Waals surface area (Å²) in [6.07, 6.45) is 8.18. The molecule has 1 amide bonds. The van der Waals surface area contributed by atoms with E-state index < -0.39 is 0 Å². The monoisotopic (exact) mass is 211 g/mol. The van der Waals surface area contributed by atoms with Crippen LogP contribution in [0, 0.1) is 5.92 Å². The first-order valence-corrected chi connectivity index (χ1v) is 6.58. The molecule has 0 saturated heterocycles. The fourth-order valence-electron chi connectivity index (χ4n) is 2.38. The van der Waals surface area contributed by atoms with Crippen LogP contribution in [-0.4, -0.2) is 23.9 Å². The van der Waals surface area contributed by atoms with Gasteiger partial charge < -0.3 is 4.90 Å². The van der Waals surface area contributed by atoms with Gasteiger partial charge in [0, 0.05) is 19.0 Å². The van der Waals surface area contributed by atoms with Crippen molar-refractivity contribution in [1.82, 2.24) is 4.90 Å². The standard InChI is InChI=1S/C13H25NO/c1-3-5-11-14(10-4-2)13(15)12-8-6-7-9-12/h12H,3-11H2,1-2H3. The Hall–Kier alpha value is -0.530. The van der Waals surface area contributed by atoms with Crippen LogP contribution < -0.4 is 0 Å². The van der Waals surface area contributed by atoms with Gasteiger partial charge in [-0.25, -0.2) is 0 Å². The molecule has 0 aromatic carbocycles. The van der Waals surface area contributed by atoms with Crippen LogP contribution in [0.1, 0.15) is 58.8 Å². The van der Waals surface area contributed by atoms with E-state index in [-0.39, 0.29) is 0 Å². The van der Waals surface area contributed by atoms with E-state index in [1.165, 1.54) is 19.3 Å². The summed E-state index contributed by atoms with van der Waals surface area (Å²) in [7, 11) is 0. The number of nitrogens with zero attached hydrogens (tertiary/aromatic N) is 1. The summed E-state index contributed by atoms with van der Waals surface area (Å²) in [5.41, 5.74) is 0. The van der Waals surface area contributed by atoms with Gasteiger partial charge in [-0.1, -0.05) is 33.1 Å². The van der Waals surface area contributed by atoms with Gasteiger partial charge in [-0.15, -0.1) is 0 Å². The van der Waals surface area contributed by atoms with Crippen LogP contribution in [0.2, 0.25) is 0 Å². The SMILES string of the molecule is CCCCN(CCC)C(=O)C1CCCC1. The molecule has 0 aliphatic heterocycles. The summed E-state index contributed by atoms with van der Waals surface area (Å²) in [5, 5.41) is 0. The molecule has 1 aliphatic rings. The van der Waals surface area contributed by atoms with Crippen molar-refractivity contribution < 1.29 is 4.79 Å². The van der Waals surface area contributed by atoms with Crippen molar-refractivity contribution in [3.05, 3.63) is 0 Å². The van der Waals surface area contributed by atoms with Crippen molar-refractivity contribution in [1.29, 1.82) is 0 Å². The Labute approximate surface area is 94.0 Å². The third-order valence-electron chi connectivity index (χ3n) is 3.29. The molecule has 0 atom stereocenters. The molecule has 1 rings (SSSR count). The lowest BCUT2D eigenvalue weighted by Gasteiger charge is -2.25. The molecule has 0 N–H and O–H groups in total. The fourth-order valence-corrected chi connectivity index (χ4v) is 2.38. The number of carbonyl (C=O) groups is 1. The van der Waals surface area contributed by atoms with Crippen LogP contribution >= 0.6 is 0 Å². The molecule has 0 radical (unpaired) electrons. The van der Waals surface area contributed by atoms with Crippen LogP contribution in [0.3, 0.4) is 0 Å². The predicted octanol–water partition coefficient (Wildman–Crippen LogP) is 3.22. The van der Waals surface area contributed by atoms with Gasteiger partial charge in [-0.2, -0.15) is 0 Å². The molecule has 0 aromatic heterocycles. The summed E-state index contributed by atoms with van der Waals surface area (Å²) >= 11 is 0. The summed E-state index contributed by atoms with van der Waals surface area (Å²) in [5.74, 6) is 0.788. The molecule has 1 aliphatic carbocycles. The van der Waals surface area contributed by atoms with Crippen LogP contribution in [0.4, 0.5) is 0 Å². The van der Waals surface area contributed by atoms with Crippen molar-refractivity contribution in [3.63, 3.8) is 0 Å². The van der Waals surface area contributed by atoms with Crippen LogP contribution in [-0.2, 0) is 4.79 Å². The summed E-state index contributed by atoms with van der Waals surface area (Å²) in [6.45, 7) is 6.26. The van der Waals surface area contributed by atoms with Gasteiger partial charge >= 0.3 is 0 Å². The molecule has 88 valence electrons. The highest BCUT2D eigenvalue weighted by Gasteiger charge is 2.26. The Balaban J connectivity index is 2.41. The molecule has 0 unspecified atom stereocenters. The van der Waals surface area contributed by atoms with E-state index in [1.54, 1.807) is 0 Å². The molecular formula is C13H25NO. The molecule has 1 fully saturated rings. The van der Waals surface area contributed by atoms with E-state index in [2.05, 4.69) is 18.7 Å². The van der Waals surface area contributed by atoms with Crippen molar-refractivity contribution in [2.75, 3.05) is 13.1 Å². The molecule has 0 heterocycles. The Kier molecular flexibility index (Phi) is 5.74. The van der Waals surface area contributed by atoms with Crippen molar-refractivity contribution >= 4 is 5.91 Å². The summed E-state index contributed by atoms with van der Waals surface area (Å²) < 4.78 is 0. The van der Waals surface area contributed by atoms with Crippen LogP contribution in [0.25, 0.3) is 0 Å². The van der Waals surface area contributed by atoms with Gasteiger partial charge in [0.15, 0.2) is 0 Å². The largest absolute Gasteiger partial charge is 0.342 e. The van der Waals surface area contributed by atoms with Crippen molar-refractivity contribution in [2.45, 2.75) is 58.8 Å². The zero-order chi connectivity index (χ0) is 11.1. The lowest BCUT2D eigenvalue weighted by molar-refractivity contribution is -0.135. The highest BCUT2D eigenvalue weighted by molar-refractivity contribution is 5.79. The molecule has 2 nitrogen and oxygen atoms in total. The summed E-state index contributed by atoms with van der Waals surface area (Å²) in [6, 6.07) is 0. The second-order valence-corrected chi connectivity index (χ2v) is 4.66. The molecular weight excluding hydrogens is 186 g/mol. The predicted molar refractivity (Wildman–Crippen MR) is 63.7 cm³/mol. The highest BCUT2D eigenvalue weighted by atomic mass is 16.2. The zero-order valence-corrected chi connectivity index (χ0v) is 10.3. The van der Waals surface area contributed by atoms with Gasteiger partial charge in [0.25, 0.3) is 0 Å². The first kappa shape index (κ1) is 12.5. The Morgan fingerprint density at radius 3 is 2.33 bits per heavy atom. The normalized spacial score (nSPS) is 16.9. The van der Waals surface area contributed by atoms with Crippen molar-refractivity contribution in [2.24, 2.45) is 5.92 Å². The topological polar surface area (TPSA) is 20.3 Å². The van der Waals surface area contributed by atoms with Gasteiger partial charge in [-0.05, 0) is 25.7 Å². The second kappa shape index (κ2) is 6.86. The molecule has 15 heavy (non-hydrogen) atoms. The number of unbranched alkanes of at least 4 members (excludes halogenated alkanes) is 1. The van der Waals surface area contributed by atoms with E-state index in [0.29, 0.717) is 11.8 Å². The zero-order valence-electron chi connectivity index (χ0n) is 10.3. The van der Waals surface area contributed by atoms with E-state index in [1.807, 2.05) is 0 Å². The lowest BCUT2D eigenvalue weighted by Crippen LogP contribution is -2.36. The fraction of sp³-hybridized carbons (Fsp3) is 0.923. The minimum Gasteiger partial charge on any atom is -0.342 e. The van der Waals surface area contributed by atoms with E-state index >= 15 is 0 Å². The molecule has 2 heteroatoms. The van der Waals surface area contributed by atoms with E-state index in [9.17, 15) is 4.79 Å².